The standard InChI is InChI=1S/C16H17NO3/c1-11(18)12-7-9-13(10-8-12)17-16(19)14-5-3-4-6-15(14)20-2/h3-11,18H,1-2H3,(H,17,19). The molecule has 0 aliphatic heterocycles. The summed E-state index contributed by atoms with van der Waals surface area (Å²) < 4.78 is 5.16. The van der Waals surface area contributed by atoms with Crippen LogP contribution in [0, 0.1) is 0 Å². The summed E-state index contributed by atoms with van der Waals surface area (Å²) in [5.41, 5.74) is 1.96. The first-order valence-electron chi connectivity index (χ1n) is 6.34. The average Bonchev–Trinajstić information content (AvgIpc) is 2.47. The van der Waals surface area contributed by atoms with Crippen molar-refractivity contribution in [2.24, 2.45) is 0 Å². The first-order chi connectivity index (χ1) is 9.61. The van der Waals surface area contributed by atoms with Gasteiger partial charge in [-0.05, 0) is 36.8 Å². The van der Waals surface area contributed by atoms with E-state index in [1.54, 1.807) is 49.4 Å². The zero-order valence-electron chi connectivity index (χ0n) is 11.5. The van der Waals surface area contributed by atoms with E-state index in [2.05, 4.69) is 5.32 Å². The highest BCUT2D eigenvalue weighted by molar-refractivity contribution is 6.06. The molecule has 0 radical (unpaired) electrons. The molecule has 1 amide bonds. The number of hydrogen-bond donors (Lipinski definition) is 2. The number of aliphatic hydroxyl groups is 1. The van der Waals surface area contributed by atoms with Gasteiger partial charge in [-0.15, -0.1) is 0 Å². The summed E-state index contributed by atoms with van der Waals surface area (Å²) in [5.74, 6) is 0.304. The number of ether oxygens (including phenoxy) is 1. The number of carbonyl (C=O) groups excluding carboxylic acids is 1. The van der Waals surface area contributed by atoms with Crippen LogP contribution in [-0.2, 0) is 0 Å². The van der Waals surface area contributed by atoms with Gasteiger partial charge in [0.15, 0.2) is 0 Å². The SMILES string of the molecule is COc1ccccc1C(=O)Nc1ccc(C(C)O)cc1. The van der Waals surface area contributed by atoms with Gasteiger partial charge in [-0.2, -0.15) is 0 Å². The molecular formula is C16H17NO3. The van der Waals surface area contributed by atoms with Crippen molar-refractivity contribution in [1.29, 1.82) is 0 Å². The molecule has 2 aromatic rings. The van der Waals surface area contributed by atoms with Gasteiger partial charge in [0.05, 0.1) is 18.8 Å². The first-order valence-corrected chi connectivity index (χ1v) is 6.34. The topological polar surface area (TPSA) is 58.6 Å². The normalized spacial score (nSPS) is 11.8. The second kappa shape index (κ2) is 6.21. The number of rotatable bonds is 4. The number of aliphatic hydroxyl groups excluding tert-OH is 1. The van der Waals surface area contributed by atoms with Gasteiger partial charge < -0.3 is 15.2 Å². The third-order valence-electron chi connectivity index (χ3n) is 3.00. The Morgan fingerprint density at radius 2 is 1.80 bits per heavy atom. The molecule has 2 rings (SSSR count). The summed E-state index contributed by atoms with van der Waals surface area (Å²) >= 11 is 0. The van der Waals surface area contributed by atoms with E-state index < -0.39 is 6.10 Å². The van der Waals surface area contributed by atoms with Crippen LogP contribution in [0.2, 0.25) is 0 Å². The van der Waals surface area contributed by atoms with Crippen LogP contribution >= 0.6 is 0 Å². The Hall–Kier alpha value is -2.33. The molecule has 2 aromatic carbocycles. The minimum Gasteiger partial charge on any atom is -0.496 e. The third-order valence-corrected chi connectivity index (χ3v) is 3.00. The maximum atomic E-state index is 12.2. The number of carbonyl (C=O) groups is 1. The molecule has 0 saturated heterocycles. The lowest BCUT2D eigenvalue weighted by Gasteiger charge is -2.10. The number of amides is 1. The van der Waals surface area contributed by atoms with Crippen molar-refractivity contribution in [2.75, 3.05) is 12.4 Å². The molecule has 2 N–H and O–H groups in total. The van der Waals surface area contributed by atoms with Crippen molar-refractivity contribution in [3.8, 4) is 5.75 Å². The Bertz CT molecular complexity index is 591. The van der Waals surface area contributed by atoms with E-state index in [1.807, 2.05) is 6.07 Å². The number of methoxy groups -OCH3 is 1. The highest BCUT2D eigenvalue weighted by Crippen LogP contribution is 2.20. The molecular weight excluding hydrogens is 254 g/mol. The summed E-state index contributed by atoms with van der Waals surface area (Å²) in [6.07, 6.45) is -0.519. The highest BCUT2D eigenvalue weighted by atomic mass is 16.5. The maximum Gasteiger partial charge on any atom is 0.259 e. The number of para-hydroxylation sites is 1. The fourth-order valence-corrected chi connectivity index (χ4v) is 1.88. The largest absolute Gasteiger partial charge is 0.496 e. The second-order valence-electron chi connectivity index (χ2n) is 4.45. The maximum absolute atomic E-state index is 12.2. The van der Waals surface area contributed by atoms with Gasteiger partial charge in [-0.25, -0.2) is 0 Å². The van der Waals surface area contributed by atoms with Crippen molar-refractivity contribution in [3.63, 3.8) is 0 Å². The van der Waals surface area contributed by atoms with Crippen LogP contribution in [0.15, 0.2) is 48.5 Å². The summed E-state index contributed by atoms with van der Waals surface area (Å²) in [7, 11) is 1.53. The predicted molar refractivity (Wildman–Crippen MR) is 78.0 cm³/mol. The van der Waals surface area contributed by atoms with Crippen LogP contribution < -0.4 is 10.1 Å². The van der Waals surface area contributed by atoms with Gasteiger partial charge in [0.25, 0.3) is 5.91 Å². The molecule has 1 atom stereocenters. The summed E-state index contributed by atoms with van der Waals surface area (Å²) in [6, 6.07) is 14.1. The molecule has 0 fully saturated rings. The van der Waals surface area contributed by atoms with Crippen LogP contribution in [0.3, 0.4) is 0 Å². The average molecular weight is 271 g/mol. The van der Waals surface area contributed by atoms with E-state index in [1.165, 1.54) is 7.11 Å². The Morgan fingerprint density at radius 3 is 2.40 bits per heavy atom. The van der Waals surface area contributed by atoms with Crippen molar-refractivity contribution in [1.82, 2.24) is 0 Å². The minimum absolute atomic E-state index is 0.229. The lowest BCUT2D eigenvalue weighted by molar-refractivity contribution is 0.102. The van der Waals surface area contributed by atoms with Crippen LogP contribution in [0.4, 0.5) is 5.69 Å². The third kappa shape index (κ3) is 3.16. The fourth-order valence-electron chi connectivity index (χ4n) is 1.88. The van der Waals surface area contributed by atoms with E-state index in [4.69, 9.17) is 4.74 Å². The van der Waals surface area contributed by atoms with Gasteiger partial charge in [0, 0.05) is 5.69 Å². The number of hydrogen-bond acceptors (Lipinski definition) is 3. The molecule has 4 heteroatoms. The molecule has 0 aliphatic rings. The molecule has 0 spiro atoms. The lowest BCUT2D eigenvalue weighted by Crippen LogP contribution is -2.13. The molecule has 104 valence electrons. The van der Waals surface area contributed by atoms with Crippen molar-refractivity contribution >= 4 is 11.6 Å². The monoisotopic (exact) mass is 271 g/mol. The van der Waals surface area contributed by atoms with Crippen molar-refractivity contribution < 1.29 is 14.6 Å². The van der Waals surface area contributed by atoms with Crippen LogP contribution in [0.25, 0.3) is 0 Å². The summed E-state index contributed by atoms with van der Waals surface area (Å²) in [5, 5.41) is 12.2. The van der Waals surface area contributed by atoms with Gasteiger partial charge in [-0.1, -0.05) is 24.3 Å². The predicted octanol–water partition coefficient (Wildman–Crippen LogP) is 3.00. The van der Waals surface area contributed by atoms with Crippen LogP contribution in [0.1, 0.15) is 28.9 Å². The zero-order valence-corrected chi connectivity index (χ0v) is 11.5. The van der Waals surface area contributed by atoms with E-state index in [0.717, 1.165) is 5.56 Å². The number of benzene rings is 2. The summed E-state index contributed by atoms with van der Waals surface area (Å²) in [4.78, 5) is 12.2. The molecule has 0 bridgehead atoms. The van der Waals surface area contributed by atoms with E-state index in [9.17, 15) is 9.90 Å². The van der Waals surface area contributed by atoms with Crippen LogP contribution in [-0.4, -0.2) is 18.1 Å². The molecule has 1 unspecified atom stereocenters. The van der Waals surface area contributed by atoms with Crippen molar-refractivity contribution in [2.45, 2.75) is 13.0 Å². The smallest absolute Gasteiger partial charge is 0.259 e. The summed E-state index contributed by atoms with van der Waals surface area (Å²) in [6.45, 7) is 1.70. The zero-order chi connectivity index (χ0) is 14.5. The highest BCUT2D eigenvalue weighted by Gasteiger charge is 2.11. The minimum atomic E-state index is -0.519. The van der Waals surface area contributed by atoms with Crippen LogP contribution in [0.5, 0.6) is 5.75 Å². The Balaban J connectivity index is 2.15. The molecule has 0 heterocycles. The van der Waals surface area contributed by atoms with Gasteiger partial charge in [0.2, 0.25) is 0 Å². The molecule has 20 heavy (non-hydrogen) atoms. The first kappa shape index (κ1) is 14.1. The Morgan fingerprint density at radius 1 is 1.15 bits per heavy atom. The molecule has 0 aliphatic carbocycles. The van der Waals surface area contributed by atoms with Gasteiger partial charge >= 0.3 is 0 Å². The quantitative estimate of drug-likeness (QED) is 0.898. The van der Waals surface area contributed by atoms with Gasteiger partial charge in [0.1, 0.15) is 5.75 Å². The second-order valence-corrected chi connectivity index (χ2v) is 4.45. The molecule has 4 nitrogen and oxygen atoms in total. The van der Waals surface area contributed by atoms with E-state index >= 15 is 0 Å². The van der Waals surface area contributed by atoms with Crippen molar-refractivity contribution in [3.05, 3.63) is 59.7 Å². The Labute approximate surface area is 118 Å². The molecule has 0 aromatic heterocycles. The number of anilines is 1. The van der Waals surface area contributed by atoms with E-state index in [0.29, 0.717) is 17.0 Å². The van der Waals surface area contributed by atoms with Gasteiger partial charge in [-0.3, -0.25) is 4.79 Å². The number of nitrogens with one attached hydrogen (secondary N) is 1. The van der Waals surface area contributed by atoms with E-state index in [-0.39, 0.29) is 5.91 Å². The molecule has 0 saturated carbocycles. The Kier molecular flexibility index (Phi) is 4.38. The lowest BCUT2D eigenvalue weighted by atomic mass is 10.1. The fraction of sp³-hybridized carbons (Fsp3) is 0.188.